The Balaban J connectivity index is 2.23. The largest absolute Gasteiger partial charge is 0.385 e. The maximum atomic E-state index is 10.0. The maximum absolute atomic E-state index is 10.0. The molecule has 2 atom stereocenters. The molecule has 0 aliphatic carbocycles. The summed E-state index contributed by atoms with van der Waals surface area (Å²) in [6.45, 7) is 0. The zero-order chi connectivity index (χ0) is 11.5. The van der Waals surface area contributed by atoms with Crippen molar-refractivity contribution in [2.24, 2.45) is 0 Å². The van der Waals surface area contributed by atoms with E-state index in [1.54, 1.807) is 12.1 Å². The molecular weight excluding hydrogens is 288 g/mol. The molecule has 0 spiro atoms. The average Bonchev–Trinajstić information content (AvgIpc) is 2.75. The Labute approximate surface area is 106 Å². The molecule has 0 saturated heterocycles. The number of rotatable bonds is 3. The van der Waals surface area contributed by atoms with Crippen molar-refractivity contribution in [1.29, 1.82) is 0 Å². The van der Waals surface area contributed by atoms with Crippen LogP contribution in [0.15, 0.2) is 46.3 Å². The fourth-order valence-corrected chi connectivity index (χ4v) is 3.11. The molecule has 4 heteroatoms. The Hall–Kier alpha value is -0.680. The van der Waals surface area contributed by atoms with Gasteiger partial charge in [0.1, 0.15) is 12.2 Å². The summed E-state index contributed by atoms with van der Waals surface area (Å²) in [5.74, 6) is 0. The molecule has 0 amide bonds. The topological polar surface area (TPSA) is 40.5 Å². The molecule has 1 heterocycles. The van der Waals surface area contributed by atoms with Gasteiger partial charge in [-0.3, -0.25) is 0 Å². The van der Waals surface area contributed by atoms with Crippen LogP contribution in [-0.2, 0) is 0 Å². The number of aliphatic hydroxyl groups is 2. The van der Waals surface area contributed by atoms with Crippen molar-refractivity contribution in [2.45, 2.75) is 12.2 Å². The second-order valence-corrected chi connectivity index (χ2v) is 5.24. The Morgan fingerprint density at radius 1 is 1.00 bits per heavy atom. The van der Waals surface area contributed by atoms with Crippen LogP contribution >= 0.6 is 27.3 Å². The number of thiophene rings is 1. The minimum atomic E-state index is -0.892. The molecule has 0 radical (unpaired) electrons. The summed E-state index contributed by atoms with van der Waals surface area (Å²) >= 11 is 4.77. The van der Waals surface area contributed by atoms with Crippen LogP contribution in [0.3, 0.4) is 0 Å². The normalized spacial score (nSPS) is 14.7. The summed E-state index contributed by atoms with van der Waals surface area (Å²) in [5.41, 5.74) is 0.718. The van der Waals surface area contributed by atoms with E-state index >= 15 is 0 Å². The third-order valence-corrected chi connectivity index (χ3v) is 4.30. The van der Waals surface area contributed by atoms with E-state index in [1.165, 1.54) is 11.3 Å². The molecule has 0 aliphatic rings. The van der Waals surface area contributed by atoms with Gasteiger partial charge >= 0.3 is 0 Å². The number of halogens is 1. The van der Waals surface area contributed by atoms with E-state index in [0.717, 1.165) is 14.9 Å². The number of benzene rings is 1. The molecule has 1 aromatic heterocycles. The highest BCUT2D eigenvalue weighted by Crippen LogP contribution is 2.36. The highest BCUT2D eigenvalue weighted by molar-refractivity contribution is 9.10. The number of hydrogen-bond donors (Lipinski definition) is 2. The molecule has 2 nitrogen and oxygen atoms in total. The predicted molar refractivity (Wildman–Crippen MR) is 68.4 cm³/mol. The van der Waals surface area contributed by atoms with Crippen LogP contribution in [-0.4, -0.2) is 10.2 Å². The SMILES string of the molecule is OC(c1ccccc1)C(O)c1sccc1Br. The van der Waals surface area contributed by atoms with E-state index in [0.29, 0.717) is 0 Å². The van der Waals surface area contributed by atoms with Gasteiger partial charge in [0.2, 0.25) is 0 Å². The van der Waals surface area contributed by atoms with Crippen molar-refractivity contribution in [3.05, 3.63) is 56.7 Å². The van der Waals surface area contributed by atoms with Gasteiger partial charge in [-0.15, -0.1) is 11.3 Å². The van der Waals surface area contributed by atoms with Gasteiger partial charge in [0.25, 0.3) is 0 Å². The van der Waals surface area contributed by atoms with Crippen molar-refractivity contribution in [3.63, 3.8) is 0 Å². The van der Waals surface area contributed by atoms with Crippen molar-refractivity contribution < 1.29 is 10.2 Å². The highest BCUT2D eigenvalue weighted by Gasteiger charge is 2.22. The van der Waals surface area contributed by atoms with Crippen LogP contribution in [0, 0.1) is 0 Å². The van der Waals surface area contributed by atoms with E-state index in [-0.39, 0.29) is 0 Å². The fourth-order valence-electron chi connectivity index (χ4n) is 1.49. The lowest BCUT2D eigenvalue weighted by atomic mass is 10.0. The number of aliphatic hydroxyl groups excluding tert-OH is 2. The molecule has 84 valence electrons. The van der Waals surface area contributed by atoms with E-state index in [9.17, 15) is 10.2 Å². The molecule has 16 heavy (non-hydrogen) atoms. The van der Waals surface area contributed by atoms with Gasteiger partial charge in [-0.2, -0.15) is 0 Å². The first kappa shape index (κ1) is 11.8. The second kappa shape index (κ2) is 5.10. The summed E-state index contributed by atoms with van der Waals surface area (Å²) < 4.78 is 0.833. The molecule has 2 N–H and O–H groups in total. The van der Waals surface area contributed by atoms with Crippen molar-refractivity contribution in [1.82, 2.24) is 0 Å². The van der Waals surface area contributed by atoms with Crippen LogP contribution in [0.4, 0.5) is 0 Å². The average molecular weight is 299 g/mol. The first-order chi connectivity index (χ1) is 7.70. The Morgan fingerprint density at radius 2 is 1.69 bits per heavy atom. The quantitative estimate of drug-likeness (QED) is 0.913. The van der Waals surface area contributed by atoms with Crippen LogP contribution < -0.4 is 0 Å². The van der Waals surface area contributed by atoms with E-state index in [1.807, 2.05) is 29.6 Å². The summed E-state index contributed by atoms with van der Waals surface area (Å²) in [6, 6.07) is 11.0. The summed E-state index contributed by atoms with van der Waals surface area (Å²) in [4.78, 5) is 0.747. The van der Waals surface area contributed by atoms with Crippen molar-refractivity contribution in [2.75, 3.05) is 0 Å². The molecular formula is C12H11BrO2S. The summed E-state index contributed by atoms with van der Waals surface area (Å²) in [5, 5.41) is 21.9. The maximum Gasteiger partial charge on any atom is 0.119 e. The van der Waals surface area contributed by atoms with Crippen molar-refractivity contribution in [3.8, 4) is 0 Å². The van der Waals surface area contributed by atoms with Gasteiger partial charge in [-0.1, -0.05) is 30.3 Å². The number of hydrogen-bond acceptors (Lipinski definition) is 3. The van der Waals surface area contributed by atoms with Crippen LogP contribution in [0.2, 0.25) is 0 Å². The molecule has 2 rings (SSSR count). The lowest BCUT2D eigenvalue weighted by Gasteiger charge is -2.17. The van der Waals surface area contributed by atoms with Gasteiger partial charge < -0.3 is 10.2 Å². The van der Waals surface area contributed by atoms with Gasteiger partial charge in [0.15, 0.2) is 0 Å². The van der Waals surface area contributed by atoms with E-state index < -0.39 is 12.2 Å². The van der Waals surface area contributed by atoms with Gasteiger partial charge in [0.05, 0.1) is 4.88 Å². The molecule has 2 aromatic rings. The fraction of sp³-hybridized carbons (Fsp3) is 0.167. The van der Waals surface area contributed by atoms with Crippen LogP contribution in [0.25, 0.3) is 0 Å². The molecule has 0 aliphatic heterocycles. The molecule has 2 unspecified atom stereocenters. The highest BCUT2D eigenvalue weighted by atomic mass is 79.9. The first-order valence-corrected chi connectivity index (χ1v) is 6.51. The molecule has 1 aromatic carbocycles. The van der Waals surface area contributed by atoms with Gasteiger partial charge in [-0.05, 0) is 32.9 Å². The minimum absolute atomic E-state index is 0.718. The van der Waals surface area contributed by atoms with Crippen LogP contribution in [0.1, 0.15) is 22.6 Å². The lowest BCUT2D eigenvalue weighted by molar-refractivity contribution is 0.0191. The van der Waals surface area contributed by atoms with E-state index in [2.05, 4.69) is 15.9 Å². The summed E-state index contributed by atoms with van der Waals surface area (Å²) in [6.07, 6.45) is -1.78. The molecule has 0 fully saturated rings. The van der Waals surface area contributed by atoms with E-state index in [4.69, 9.17) is 0 Å². The third kappa shape index (κ3) is 2.35. The molecule has 0 bridgehead atoms. The van der Waals surface area contributed by atoms with Gasteiger partial charge in [-0.25, -0.2) is 0 Å². The smallest absolute Gasteiger partial charge is 0.119 e. The first-order valence-electron chi connectivity index (χ1n) is 4.84. The Morgan fingerprint density at radius 3 is 2.25 bits per heavy atom. The second-order valence-electron chi connectivity index (χ2n) is 3.43. The monoisotopic (exact) mass is 298 g/mol. The van der Waals surface area contributed by atoms with Gasteiger partial charge in [0, 0.05) is 4.47 Å². The standard InChI is InChI=1S/C12H11BrO2S/c13-9-6-7-16-12(9)11(15)10(14)8-4-2-1-3-5-8/h1-7,10-11,14-15H. The zero-order valence-electron chi connectivity index (χ0n) is 8.38. The zero-order valence-corrected chi connectivity index (χ0v) is 10.8. The Kier molecular flexibility index (Phi) is 3.76. The molecule has 0 saturated carbocycles. The van der Waals surface area contributed by atoms with Crippen LogP contribution in [0.5, 0.6) is 0 Å². The Bertz CT molecular complexity index is 455. The van der Waals surface area contributed by atoms with Crippen molar-refractivity contribution >= 4 is 27.3 Å². The lowest BCUT2D eigenvalue weighted by Crippen LogP contribution is -2.09. The minimum Gasteiger partial charge on any atom is -0.385 e. The summed E-state index contributed by atoms with van der Waals surface area (Å²) in [7, 11) is 0. The predicted octanol–water partition coefficient (Wildman–Crippen LogP) is 3.28. The third-order valence-electron chi connectivity index (χ3n) is 2.35.